The largest absolute Gasteiger partial charge is 0.311 e. The minimum absolute atomic E-state index is 1.11. The van der Waals surface area contributed by atoms with E-state index in [-0.39, 0.29) is 0 Å². The van der Waals surface area contributed by atoms with Crippen LogP contribution < -0.4 is 4.90 Å². The van der Waals surface area contributed by atoms with Gasteiger partial charge in [-0.2, -0.15) is 0 Å². The zero-order chi connectivity index (χ0) is 37.5. The van der Waals surface area contributed by atoms with Crippen molar-refractivity contribution in [2.24, 2.45) is 0 Å². The molecule has 2 heterocycles. The molecule has 2 aromatic heterocycles. The molecule has 0 aliphatic rings. The SMILES string of the molecule is c1ccc(N(c2ccc(-c3cc4sc5cccc6c7ccccc7c(c3)c4c56)cc2)c2ccc(-c3ccc4c(c3)c3ccccc3n4-c3ccccc3)cc2)cc1. The van der Waals surface area contributed by atoms with Crippen LogP contribution in [0.1, 0.15) is 0 Å². The van der Waals surface area contributed by atoms with Crippen molar-refractivity contribution >= 4 is 91.9 Å². The molecular formula is C54H34N2S. The second-order valence-electron chi connectivity index (χ2n) is 14.9. The van der Waals surface area contributed by atoms with E-state index in [1.807, 2.05) is 11.3 Å². The molecule has 0 fully saturated rings. The van der Waals surface area contributed by atoms with Gasteiger partial charge in [0.1, 0.15) is 0 Å². The highest BCUT2D eigenvalue weighted by Gasteiger charge is 2.19. The van der Waals surface area contributed by atoms with Crippen LogP contribution in [0.15, 0.2) is 206 Å². The van der Waals surface area contributed by atoms with Gasteiger partial charge in [0.15, 0.2) is 0 Å². The quantitative estimate of drug-likeness (QED) is 0.154. The Balaban J connectivity index is 0.924. The van der Waals surface area contributed by atoms with Gasteiger partial charge in [-0.05, 0) is 129 Å². The van der Waals surface area contributed by atoms with E-state index in [0.717, 1.165) is 17.1 Å². The summed E-state index contributed by atoms with van der Waals surface area (Å²) in [4.78, 5) is 2.35. The molecule has 0 saturated heterocycles. The van der Waals surface area contributed by atoms with Gasteiger partial charge in [-0.25, -0.2) is 0 Å². The van der Waals surface area contributed by atoms with Gasteiger partial charge in [0.2, 0.25) is 0 Å². The minimum atomic E-state index is 1.11. The van der Waals surface area contributed by atoms with Crippen molar-refractivity contribution in [2.75, 3.05) is 4.90 Å². The van der Waals surface area contributed by atoms with E-state index < -0.39 is 0 Å². The normalized spacial score (nSPS) is 11.9. The van der Waals surface area contributed by atoms with E-state index in [1.165, 1.54) is 91.5 Å². The number of hydrogen-bond acceptors (Lipinski definition) is 2. The summed E-state index contributed by atoms with van der Waals surface area (Å²) in [5.74, 6) is 0. The number of hydrogen-bond donors (Lipinski definition) is 0. The fourth-order valence-corrected chi connectivity index (χ4v) is 10.3. The number of anilines is 3. The topological polar surface area (TPSA) is 8.17 Å². The molecule has 10 aromatic carbocycles. The Kier molecular flexibility index (Phi) is 7.13. The van der Waals surface area contributed by atoms with Gasteiger partial charge < -0.3 is 9.47 Å². The van der Waals surface area contributed by atoms with E-state index in [4.69, 9.17) is 0 Å². The first-order valence-corrected chi connectivity index (χ1v) is 20.3. The second-order valence-corrected chi connectivity index (χ2v) is 16.0. The number of fused-ring (bicyclic) bond motifs is 6. The van der Waals surface area contributed by atoms with Gasteiger partial charge in [-0.1, -0.05) is 121 Å². The predicted molar refractivity (Wildman–Crippen MR) is 245 cm³/mol. The van der Waals surface area contributed by atoms with E-state index in [2.05, 4.69) is 216 Å². The van der Waals surface area contributed by atoms with Gasteiger partial charge in [0.05, 0.1) is 11.0 Å². The monoisotopic (exact) mass is 742 g/mol. The Morgan fingerprint density at radius 3 is 1.58 bits per heavy atom. The van der Waals surface area contributed by atoms with Crippen molar-refractivity contribution < 1.29 is 0 Å². The number of rotatable bonds is 6. The summed E-state index contributed by atoms with van der Waals surface area (Å²) in [6.45, 7) is 0. The van der Waals surface area contributed by atoms with Crippen LogP contribution in [-0.2, 0) is 0 Å². The Bertz CT molecular complexity index is 3430. The first-order chi connectivity index (χ1) is 28.3. The number of benzene rings is 10. The predicted octanol–water partition coefficient (Wildman–Crippen LogP) is 15.7. The van der Waals surface area contributed by atoms with E-state index in [0.29, 0.717) is 0 Å². The maximum atomic E-state index is 2.41. The van der Waals surface area contributed by atoms with Crippen LogP contribution >= 0.6 is 11.3 Å². The summed E-state index contributed by atoms with van der Waals surface area (Å²) >= 11 is 1.90. The summed E-state index contributed by atoms with van der Waals surface area (Å²) in [6.07, 6.45) is 0. The Morgan fingerprint density at radius 2 is 0.842 bits per heavy atom. The van der Waals surface area contributed by atoms with Gasteiger partial charge in [-0.15, -0.1) is 11.3 Å². The minimum Gasteiger partial charge on any atom is -0.311 e. The zero-order valence-corrected chi connectivity index (χ0v) is 31.7. The van der Waals surface area contributed by atoms with E-state index in [1.54, 1.807) is 0 Å². The highest BCUT2D eigenvalue weighted by molar-refractivity contribution is 7.26. The lowest BCUT2D eigenvalue weighted by atomic mass is 9.92. The fourth-order valence-electron chi connectivity index (χ4n) is 9.14. The van der Waals surface area contributed by atoms with Gasteiger partial charge in [0, 0.05) is 53.7 Å². The number of thiophene rings is 1. The molecule has 12 rings (SSSR count). The van der Waals surface area contributed by atoms with Crippen molar-refractivity contribution in [1.82, 2.24) is 4.57 Å². The first-order valence-electron chi connectivity index (χ1n) is 19.5. The molecule has 266 valence electrons. The molecule has 12 aromatic rings. The zero-order valence-electron chi connectivity index (χ0n) is 30.9. The Morgan fingerprint density at radius 1 is 0.316 bits per heavy atom. The Labute approximate surface area is 334 Å². The molecule has 57 heavy (non-hydrogen) atoms. The number of nitrogens with zero attached hydrogens (tertiary/aromatic N) is 2. The molecule has 0 amide bonds. The molecule has 0 N–H and O–H groups in total. The number of aromatic nitrogens is 1. The smallest absolute Gasteiger partial charge is 0.0541 e. The average Bonchev–Trinajstić information content (AvgIpc) is 3.83. The third-order valence-electron chi connectivity index (χ3n) is 11.7. The third-order valence-corrected chi connectivity index (χ3v) is 12.8. The lowest BCUT2D eigenvalue weighted by molar-refractivity contribution is 1.18. The van der Waals surface area contributed by atoms with Gasteiger partial charge >= 0.3 is 0 Å². The van der Waals surface area contributed by atoms with Crippen LogP contribution in [0.5, 0.6) is 0 Å². The van der Waals surface area contributed by atoms with E-state index in [9.17, 15) is 0 Å². The molecule has 0 unspecified atom stereocenters. The van der Waals surface area contributed by atoms with Crippen molar-refractivity contribution in [3.8, 4) is 27.9 Å². The lowest BCUT2D eigenvalue weighted by Gasteiger charge is -2.26. The average molecular weight is 743 g/mol. The molecule has 2 nitrogen and oxygen atoms in total. The van der Waals surface area contributed by atoms with Crippen LogP contribution in [0.25, 0.3) is 91.5 Å². The van der Waals surface area contributed by atoms with Crippen molar-refractivity contribution in [3.63, 3.8) is 0 Å². The maximum absolute atomic E-state index is 2.41. The summed E-state index contributed by atoms with van der Waals surface area (Å²) < 4.78 is 5.06. The van der Waals surface area contributed by atoms with Crippen molar-refractivity contribution in [3.05, 3.63) is 206 Å². The fraction of sp³-hybridized carbons (Fsp3) is 0. The van der Waals surface area contributed by atoms with E-state index >= 15 is 0 Å². The highest BCUT2D eigenvalue weighted by Crippen LogP contribution is 2.47. The molecule has 0 aliphatic heterocycles. The number of para-hydroxylation sites is 3. The summed E-state index contributed by atoms with van der Waals surface area (Å²) in [5, 5.41) is 10.6. The Hall–Kier alpha value is -7.20. The van der Waals surface area contributed by atoms with Crippen LogP contribution in [-0.4, -0.2) is 4.57 Å². The second kappa shape index (κ2) is 12.7. The summed E-state index contributed by atoms with van der Waals surface area (Å²) in [5.41, 5.74) is 11.8. The van der Waals surface area contributed by atoms with Crippen molar-refractivity contribution in [1.29, 1.82) is 0 Å². The van der Waals surface area contributed by atoms with Gasteiger partial charge in [0.25, 0.3) is 0 Å². The van der Waals surface area contributed by atoms with Crippen molar-refractivity contribution in [2.45, 2.75) is 0 Å². The molecule has 0 spiro atoms. The van der Waals surface area contributed by atoms with Crippen LogP contribution in [0.3, 0.4) is 0 Å². The van der Waals surface area contributed by atoms with Crippen LogP contribution in [0, 0.1) is 0 Å². The third kappa shape index (κ3) is 5.03. The molecule has 0 aliphatic carbocycles. The van der Waals surface area contributed by atoms with Crippen LogP contribution in [0.4, 0.5) is 17.1 Å². The standard InChI is InChI=1S/C54H34N2S/c1-3-12-39(13-4-1)55(41-27-22-35(23-28-41)37-26-31-50-47(32-37)45-18-9-10-20-49(45)56(50)40-14-5-2-6-15-40)42-29-24-36(25-30-42)38-33-48-44-17-8-7-16-43(44)46-19-11-21-51-53(46)54(48)52(34-38)57-51/h1-34H. The molecular weight excluding hydrogens is 709 g/mol. The van der Waals surface area contributed by atoms with Gasteiger partial charge in [-0.3, -0.25) is 0 Å². The molecule has 0 radical (unpaired) electrons. The summed E-state index contributed by atoms with van der Waals surface area (Å²) in [6, 6.07) is 75.4. The summed E-state index contributed by atoms with van der Waals surface area (Å²) in [7, 11) is 0. The molecule has 0 saturated carbocycles. The highest BCUT2D eigenvalue weighted by atomic mass is 32.1. The lowest BCUT2D eigenvalue weighted by Crippen LogP contribution is -2.09. The molecule has 0 bridgehead atoms. The van der Waals surface area contributed by atoms with Crippen LogP contribution in [0.2, 0.25) is 0 Å². The molecule has 0 atom stereocenters. The molecule has 3 heteroatoms. The first kappa shape index (κ1) is 32.1. The maximum Gasteiger partial charge on any atom is 0.0541 e.